The molecule has 3 aromatic rings. The molecule has 25 heavy (non-hydrogen) atoms. The van der Waals surface area contributed by atoms with Crippen molar-refractivity contribution in [3.05, 3.63) is 68.4 Å². The van der Waals surface area contributed by atoms with Crippen LogP contribution in [0.25, 0.3) is 10.9 Å². The lowest BCUT2D eigenvalue weighted by Crippen LogP contribution is -2.30. The molecule has 2 aromatic carbocycles. The van der Waals surface area contributed by atoms with E-state index in [1.807, 2.05) is 18.2 Å². The predicted molar refractivity (Wildman–Crippen MR) is 96.5 cm³/mol. The molecular weight excluding hydrogens is 342 g/mol. The molecule has 1 atom stereocenters. The topological polar surface area (TPSA) is 80.2 Å². The maximum atomic E-state index is 11.1. The fraction of sp³-hybridized carbons (Fsp3) is 0.222. The molecule has 0 amide bonds. The van der Waals surface area contributed by atoms with Crippen LogP contribution in [0, 0.1) is 10.1 Å². The molecule has 1 aliphatic rings. The van der Waals surface area contributed by atoms with E-state index in [0.29, 0.717) is 10.6 Å². The minimum atomic E-state index is -0.403. The van der Waals surface area contributed by atoms with E-state index < -0.39 is 4.92 Å². The van der Waals surface area contributed by atoms with E-state index >= 15 is 0 Å². The van der Waals surface area contributed by atoms with Gasteiger partial charge in [-0.05, 0) is 36.2 Å². The average molecular weight is 358 g/mol. The van der Waals surface area contributed by atoms with Crippen molar-refractivity contribution in [2.45, 2.75) is 12.5 Å². The van der Waals surface area contributed by atoms with Crippen LogP contribution in [0.15, 0.2) is 36.4 Å². The van der Waals surface area contributed by atoms with E-state index in [2.05, 4.69) is 10.3 Å². The second kappa shape index (κ2) is 6.06. The molecule has 0 fully saturated rings. The summed E-state index contributed by atoms with van der Waals surface area (Å²) >= 11 is 6.35. The first-order valence-corrected chi connectivity index (χ1v) is 8.32. The van der Waals surface area contributed by atoms with Crippen molar-refractivity contribution in [1.82, 2.24) is 10.3 Å². The highest BCUT2D eigenvalue weighted by molar-refractivity contribution is 6.31. The molecule has 1 aliphatic heterocycles. The van der Waals surface area contributed by atoms with Gasteiger partial charge >= 0.3 is 0 Å². The van der Waals surface area contributed by atoms with Gasteiger partial charge in [-0.25, -0.2) is 0 Å². The van der Waals surface area contributed by atoms with Gasteiger partial charge in [0.2, 0.25) is 0 Å². The van der Waals surface area contributed by atoms with Gasteiger partial charge in [-0.2, -0.15) is 0 Å². The van der Waals surface area contributed by atoms with Crippen LogP contribution in [0.2, 0.25) is 5.02 Å². The lowest BCUT2D eigenvalue weighted by atomic mass is 9.94. The third kappa shape index (κ3) is 2.63. The smallest absolute Gasteiger partial charge is 0.269 e. The first-order chi connectivity index (χ1) is 12.1. The van der Waals surface area contributed by atoms with Crippen molar-refractivity contribution >= 4 is 28.2 Å². The van der Waals surface area contributed by atoms with E-state index in [4.69, 9.17) is 16.3 Å². The molecule has 0 saturated heterocycles. The van der Waals surface area contributed by atoms with E-state index in [1.165, 1.54) is 11.6 Å². The maximum absolute atomic E-state index is 11.1. The molecule has 2 N–H and O–H groups in total. The maximum Gasteiger partial charge on any atom is 0.269 e. The Kier molecular flexibility index (Phi) is 3.86. The van der Waals surface area contributed by atoms with Gasteiger partial charge in [-0.3, -0.25) is 10.1 Å². The zero-order valence-corrected chi connectivity index (χ0v) is 14.3. The Labute approximate surface area is 148 Å². The molecule has 0 radical (unpaired) electrons. The molecule has 7 heteroatoms. The number of ether oxygens (including phenoxy) is 1. The number of nitro groups is 1. The zero-order valence-electron chi connectivity index (χ0n) is 13.5. The number of nitrogens with zero attached hydrogens (tertiary/aromatic N) is 1. The number of aromatic nitrogens is 1. The highest BCUT2D eigenvalue weighted by Gasteiger charge is 2.28. The van der Waals surface area contributed by atoms with Crippen LogP contribution in [0.4, 0.5) is 5.69 Å². The quantitative estimate of drug-likeness (QED) is 0.549. The van der Waals surface area contributed by atoms with Crippen LogP contribution in [-0.4, -0.2) is 23.6 Å². The van der Waals surface area contributed by atoms with Crippen LogP contribution in [0.3, 0.4) is 0 Å². The SMILES string of the molecule is COc1ccc2[nH]c3c(c2c1)CCN[C@@H]3c1cc([N+](=O)[O-])ccc1Cl. The fourth-order valence-electron chi connectivity index (χ4n) is 3.47. The molecule has 0 spiro atoms. The van der Waals surface area contributed by atoms with Gasteiger partial charge in [0.15, 0.2) is 0 Å². The van der Waals surface area contributed by atoms with E-state index in [1.54, 1.807) is 19.2 Å². The summed E-state index contributed by atoms with van der Waals surface area (Å²) in [6.45, 7) is 0.765. The number of rotatable bonds is 3. The molecule has 0 saturated carbocycles. The summed E-state index contributed by atoms with van der Waals surface area (Å²) in [7, 11) is 1.65. The summed E-state index contributed by atoms with van der Waals surface area (Å²) < 4.78 is 5.33. The van der Waals surface area contributed by atoms with Gasteiger partial charge in [0.25, 0.3) is 5.69 Å². The molecule has 2 heterocycles. The Hall–Kier alpha value is -2.57. The summed E-state index contributed by atoms with van der Waals surface area (Å²) in [5.41, 5.74) is 3.94. The van der Waals surface area contributed by atoms with Crippen LogP contribution in [0.1, 0.15) is 22.9 Å². The summed E-state index contributed by atoms with van der Waals surface area (Å²) in [4.78, 5) is 14.2. The Morgan fingerprint density at radius 1 is 1.28 bits per heavy atom. The van der Waals surface area contributed by atoms with Crippen molar-refractivity contribution in [2.24, 2.45) is 0 Å². The van der Waals surface area contributed by atoms with Gasteiger partial charge in [-0.15, -0.1) is 0 Å². The minimum absolute atomic E-state index is 0.0334. The normalized spacial score (nSPS) is 16.6. The summed E-state index contributed by atoms with van der Waals surface area (Å²) in [6, 6.07) is 10.2. The Morgan fingerprint density at radius 2 is 2.12 bits per heavy atom. The lowest BCUT2D eigenvalue weighted by Gasteiger charge is -2.25. The van der Waals surface area contributed by atoms with E-state index in [9.17, 15) is 10.1 Å². The number of halogens is 1. The summed E-state index contributed by atoms with van der Waals surface area (Å²) in [5, 5.41) is 16.2. The van der Waals surface area contributed by atoms with Gasteiger partial charge in [0, 0.05) is 45.9 Å². The molecule has 0 unspecified atom stereocenters. The van der Waals surface area contributed by atoms with Crippen molar-refractivity contribution in [3.8, 4) is 5.75 Å². The monoisotopic (exact) mass is 357 g/mol. The molecule has 0 bridgehead atoms. The van der Waals surface area contributed by atoms with Crippen LogP contribution >= 0.6 is 11.6 Å². The van der Waals surface area contributed by atoms with Crippen molar-refractivity contribution < 1.29 is 9.66 Å². The number of methoxy groups -OCH3 is 1. The van der Waals surface area contributed by atoms with Crippen LogP contribution < -0.4 is 10.1 Å². The Balaban J connectivity index is 1.88. The van der Waals surface area contributed by atoms with Crippen LogP contribution in [0.5, 0.6) is 5.75 Å². The second-order valence-electron chi connectivity index (χ2n) is 6.03. The largest absolute Gasteiger partial charge is 0.497 e. The van der Waals surface area contributed by atoms with Gasteiger partial charge in [-0.1, -0.05) is 11.6 Å². The number of non-ortho nitro benzene ring substituents is 1. The number of hydrogen-bond donors (Lipinski definition) is 2. The summed E-state index contributed by atoms with van der Waals surface area (Å²) in [6.07, 6.45) is 0.867. The van der Waals surface area contributed by atoms with Crippen molar-refractivity contribution in [2.75, 3.05) is 13.7 Å². The molecular formula is C18H16ClN3O3. The van der Waals surface area contributed by atoms with Crippen molar-refractivity contribution in [1.29, 1.82) is 0 Å². The van der Waals surface area contributed by atoms with Gasteiger partial charge < -0.3 is 15.0 Å². The first-order valence-electron chi connectivity index (χ1n) is 7.94. The molecule has 1 aromatic heterocycles. The highest BCUT2D eigenvalue weighted by atomic mass is 35.5. The van der Waals surface area contributed by atoms with E-state index in [0.717, 1.165) is 35.3 Å². The second-order valence-corrected chi connectivity index (χ2v) is 6.44. The number of fused-ring (bicyclic) bond motifs is 3. The molecule has 0 aliphatic carbocycles. The van der Waals surface area contributed by atoms with Gasteiger partial charge in [0.05, 0.1) is 18.1 Å². The Bertz CT molecular complexity index is 983. The third-order valence-electron chi connectivity index (χ3n) is 4.66. The zero-order chi connectivity index (χ0) is 17.6. The third-order valence-corrected chi connectivity index (χ3v) is 5.00. The number of nitrogens with one attached hydrogen (secondary N) is 2. The number of aromatic amines is 1. The minimum Gasteiger partial charge on any atom is -0.497 e. The lowest BCUT2D eigenvalue weighted by molar-refractivity contribution is -0.384. The average Bonchev–Trinajstić information content (AvgIpc) is 2.99. The Morgan fingerprint density at radius 3 is 2.88 bits per heavy atom. The summed E-state index contributed by atoms with van der Waals surface area (Å²) in [5.74, 6) is 0.803. The standard InChI is InChI=1S/C18H16ClN3O3/c1-25-11-3-5-16-13(9-11)12-6-7-20-17(18(12)21-16)14-8-10(22(23)24)2-4-15(14)19/h2-5,8-9,17,20-21H,6-7H2,1H3/t17-/m1/s1. The van der Waals surface area contributed by atoms with E-state index in [-0.39, 0.29) is 11.7 Å². The number of hydrogen-bond acceptors (Lipinski definition) is 4. The first kappa shape index (κ1) is 15.9. The van der Waals surface area contributed by atoms with Crippen LogP contribution in [-0.2, 0) is 6.42 Å². The predicted octanol–water partition coefficient (Wildman–Crippen LogP) is 3.97. The number of benzene rings is 2. The molecule has 128 valence electrons. The fourth-order valence-corrected chi connectivity index (χ4v) is 3.69. The van der Waals surface area contributed by atoms with Crippen molar-refractivity contribution in [3.63, 3.8) is 0 Å². The molecule has 6 nitrogen and oxygen atoms in total. The number of H-pyrrole nitrogens is 1. The van der Waals surface area contributed by atoms with Gasteiger partial charge in [0.1, 0.15) is 5.75 Å². The number of nitro benzene ring substituents is 1. The highest BCUT2D eigenvalue weighted by Crippen LogP contribution is 2.38. The molecule has 4 rings (SSSR count).